The van der Waals surface area contributed by atoms with E-state index in [0.29, 0.717) is 6.04 Å². The van der Waals surface area contributed by atoms with Crippen molar-refractivity contribution >= 4 is 0 Å². The van der Waals surface area contributed by atoms with Gasteiger partial charge in [0.25, 0.3) is 0 Å². The third kappa shape index (κ3) is 3.21. The van der Waals surface area contributed by atoms with Crippen LogP contribution in [-0.4, -0.2) is 23.8 Å². The van der Waals surface area contributed by atoms with E-state index in [1.807, 2.05) is 0 Å². The summed E-state index contributed by atoms with van der Waals surface area (Å²) < 4.78 is 0. The first-order valence-electron chi connectivity index (χ1n) is 4.60. The van der Waals surface area contributed by atoms with E-state index >= 15 is 0 Å². The van der Waals surface area contributed by atoms with Gasteiger partial charge in [-0.25, -0.2) is 0 Å². The van der Waals surface area contributed by atoms with Crippen molar-refractivity contribution in [3.8, 4) is 0 Å². The highest BCUT2D eigenvalue weighted by molar-refractivity contribution is 4.77. The summed E-state index contributed by atoms with van der Waals surface area (Å²) in [6, 6.07) is 0.651. The maximum atomic E-state index is 9.20. The van der Waals surface area contributed by atoms with Gasteiger partial charge in [0.2, 0.25) is 0 Å². The summed E-state index contributed by atoms with van der Waals surface area (Å²) in [5.74, 6) is 0.766. The molecule has 1 rings (SSSR count). The van der Waals surface area contributed by atoms with E-state index in [-0.39, 0.29) is 6.10 Å². The fourth-order valence-corrected chi connectivity index (χ4v) is 1.67. The van der Waals surface area contributed by atoms with Crippen LogP contribution in [0.3, 0.4) is 0 Å². The molecule has 0 radical (unpaired) electrons. The number of hydrogen-bond donors (Lipinski definition) is 2. The molecule has 2 N–H and O–H groups in total. The minimum atomic E-state index is -0.0987. The summed E-state index contributed by atoms with van der Waals surface area (Å²) in [6.07, 6.45) is 3.26. The van der Waals surface area contributed by atoms with Crippen LogP contribution in [0.1, 0.15) is 33.1 Å². The Labute approximate surface area is 69.0 Å². The quantitative estimate of drug-likeness (QED) is 0.630. The molecule has 2 nitrogen and oxygen atoms in total. The van der Waals surface area contributed by atoms with Gasteiger partial charge in [-0.3, -0.25) is 0 Å². The topological polar surface area (TPSA) is 32.3 Å². The van der Waals surface area contributed by atoms with Gasteiger partial charge in [0, 0.05) is 12.6 Å². The minimum Gasteiger partial charge on any atom is -0.392 e. The van der Waals surface area contributed by atoms with Gasteiger partial charge in [-0.2, -0.15) is 0 Å². The van der Waals surface area contributed by atoms with Gasteiger partial charge >= 0.3 is 0 Å². The first kappa shape index (κ1) is 9.01. The van der Waals surface area contributed by atoms with Crippen molar-refractivity contribution in [3.05, 3.63) is 0 Å². The summed E-state index contributed by atoms with van der Waals surface area (Å²) in [7, 11) is 0. The van der Waals surface area contributed by atoms with Crippen LogP contribution < -0.4 is 5.32 Å². The number of piperidine rings is 1. The van der Waals surface area contributed by atoms with Gasteiger partial charge in [-0.15, -0.1) is 0 Å². The first-order valence-corrected chi connectivity index (χ1v) is 4.60. The Bertz CT molecular complexity index is 106. The van der Waals surface area contributed by atoms with Crippen molar-refractivity contribution in [2.45, 2.75) is 45.3 Å². The fourth-order valence-electron chi connectivity index (χ4n) is 1.67. The molecule has 0 spiro atoms. The van der Waals surface area contributed by atoms with Gasteiger partial charge in [0.15, 0.2) is 0 Å². The number of nitrogens with one attached hydrogen (secondary N) is 1. The number of hydrogen-bond acceptors (Lipinski definition) is 2. The van der Waals surface area contributed by atoms with E-state index in [0.717, 1.165) is 25.3 Å². The fraction of sp³-hybridized carbons (Fsp3) is 1.00. The zero-order valence-electron chi connectivity index (χ0n) is 7.51. The second kappa shape index (κ2) is 4.07. The van der Waals surface area contributed by atoms with Crippen LogP contribution in [0.15, 0.2) is 0 Å². The average Bonchev–Trinajstić information content (AvgIpc) is 1.93. The second-order valence-electron chi connectivity index (χ2n) is 3.97. The maximum Gasteiger partial charge on any atom is 0.0665 e. The van der Waals surface area contributed by atoms with Crippen molar-refractivity contribution in [1.82, 2.24) is 5.32 Å². The largest absolute Gasteiger partial charge is 0.392 e. The summed E-state index contributed by atoms with van der Waals surface area (Å²) in [4.78, 5) is 0. The summed E-state index contributed by atoms with van der Waals surface area (Å²) >= 11 is 0. The van der Waals surface area contributed by atoms with Crippen LogP contribution in [0, 0.1) is 5.92 Å². The zero-order chi connectivity index (χ0) is 8.27. The molecular weight excluding hydrogens is 138 g/mol. The highest BCUT2D eigenvalue weighted by atomic mass is 16.3. The van der Waals surface area contributed by atoms with Crippen LogP contribution in [0.25, 0.3) is 0 Å². The molecule has 0 aliphatic carbocycles. The molecule has 1 aliphatic heterocycles. The number of aliphatic hydroxyl groups excluding tert-OH is 1. The van der Waals surface area contributed by atoms with E-state index in [9.17, 15) is 5.11 Å². The smallest absolute Gasteiger partial charge is 0.0665 e. The van der Waals surface area contributed by atoms with E-state index in [4.69, 9.17) is 0 Å². The van der Waals surface area contributed by atoms with Crippen LogP contribution >= 0.6 is 0 Å². The number of aliphatic hydroxyl groups is 1. The Morgan fingerprint density at radius 2 is 2.18 bits per heavy atom. The third-order valence-corrected chi connectivity index (χ3v) is 2.25. The van der Waals surface area contributed by atoms with Crippen molar-refractivity contribution in [2.75, 3.05) is 6.54 Å². The van der Waals surface area contributed by atoms with Crippen molar-refractivity contribution in [2.24, 2.45) is 5.92 Å². The Hall–Kier alpha value is -0.0800. The van der Waals surface area contributed by atoms with Crippen LogP contribution in [-0.2, 0) is 0 Å². The molecule has 0 bridgehead atoms. The molecule has 0 aromatic rings. The van der Waals surface area contributed by atoms with Crippen LogP contribution in [0.2, 0.25) is 0 Å². The lowest BCUT2D eigenvalue weighted by molar-refractivity contribution is 0.122. The Morgan fingerprint density at radius 1 is 1.45 bits per heavy atom. The zero-order valence-corrected chi connectivity index (χ0v) is 7.51. The minimum absolute atomic E-state index is 0.0987. The lowest BCUT2D eigenvalue weighted by atomic mass is 9.95. The Balaban J connectivity index is 2.17. The lowest BCUT2D eigenvalue weighted by Crippen LogP contribution is -2.41. The van der Waals surface area contributed by atoms with Gasteiger partial charge < -0.3 is 10.4 Å². The predicted octanol–water partition coefficient (Wildman–Crippen LogP) is 1.15. The Morgan fingerprint density at radius 3 is 2.64 bits per heavy atom. The summed E-state index contributed by atoms with van der Waals surface area (Å²) in [6.45, 7) is 5.27. The standard InChI is InChI=1S/C9H19NO/c1-7(2)5-8-3-4-9(11)6-10-8/h7-11H,3-6H2,1-2H3. The molecule has 2 atom stereocenters. The van der Waals surface area contributed by atoms with E-state index in [1.54, 1.807) is 0 Å². The highest BCUT2D eigenvalue weighted by Gasteiger charge is 2.18. The molecule has 66 valence electrons. The SMILES string of the molecule is CC(C)CC1CCC(O)CN1. The molecule has 0 amide bonds. The number of β-amino-alcohol motifs (C(OH)–C–C–N with tert-alkyl or cyclic N) is 1. The molecular formula is C9H19NO. The normalized spacial score (nSPS) is 32.7. The highest BCUT2D eigenvalue weighted by Crippen LogP contribution is 2.14. The van der Waals surface area contributed by atoms with Crippen molar-refractivity contribution in [1.29, 1.82) is 0 Å². The van der Waals surface area contributed by atoms with E-state index in [2.05, 4.69) is 19.2 Å². The molecule has 0 aromatic heterocycles. The third-order valence-electron chi connectivity index (χ3n) is 2.25. The van der Waals surface area contributed by atoms with Crippen molar-refractivity contribution in [3.63, 3.8) is 0 Å². The molecule has 11 heavy (non-hydrogen) atoms. The van der Waals surface area contributed by atoms with Gasteiger partial charge in [-0.1, -0.05) is 13.8 Å². The Kier molecular flexibility index (Phi) is 3.34. The second-order valence-corrected chi connectivity index (χ2v) is 3.97. The molecule has 1 saturated heterocycles. The van der Waals surface area contributed by atoms with Gasteiger partial charge in [-0.05, 0) is 25.2 Å². The van der Waals surface area contributed by atoms with E-state index in [1.165, 1.54) is 6.42 Å². The predicted molar refractivity (Wildman–Crippen MR) is 46.5 cm³/mol. The molecule has 1 heterocycles. The average molecular weight is 157 g/mol. The summed E-state index contributed by atoms with van der Waals surface area (Å²) in [5, 5.41) is 12.5. The number of rotatable bonds is 2. The van der Waals surface area contributed by atoms with Crippen molar-refractivity contribution < 1.29 is 5.11 Å². The van der Waals surface area contributed by atoms with Gasteiger partial charge in [0.05, 0.1) is 6.10 Å². The van der Waals surface area contributed by atoms with Gasteiger partial charge in [0.1, 0.15) is 0 Å². The van der Waals surface area contributed by atoms with Crippen LogP contribution in [0.5, 0.6) is 0 Å². The summed E-state index contributed by atoms with van der Waals surface area (Å²) in [5.41, 5.74) is 0. The molecule has 2 unspecified atom stereocenters. The first-order chi connectivity index (χ1) is 5.18. The molecule has 1 fully saturated rings. The molecule has 0 aromatic carbocycles. The molecule has 2 heteroatoms. The van der Waals surface area contributed by atoms with E-state index < -0.39 is 0 Å². The lowest BCUT2D eigenvalue weighted by Gasteiger charge is -2.28. The monoisotopic (exact) mass is 157 g/mol. The molecule has 1 aliphatic rings. The molecule has 0 saturated carbocycles. The van der Waals surface area contributed by atoms with Crippen LogP contribution in [0.4, 0.5) is 0 Å². The maximum absolute atomic E-state index is 9.20.